The van der Waals surface area contributed by atoms with Gasteiger partial charge in [0.25, 0.3) is 0 Å². The number of piperazine rings is 1. The second kappa shape index (κ2) is 6.55. The minimum absolute atomic E-state index is 0.336. The fourth-order valence-electron chi connectivity index (χ4n) is 4.06. The summed E-state index contributed by atoms with van der Waals surface area (Å²) in [5.41, 5.74) is 6.52. The Hall–Kier alpha value is -0.120. The van der Waals surface area contributed by atoms with Gasteiger partial charge in [-0.05, 0) is 38.5 Å². The van der Waals surface area contributed by atoms with Gasteiger partial charge in [-0.3, -0.25) is 9.80 Å². The van der Waals surface area contributed by atoms with E-state index < -0.39 is 0 Å². The highest BCUT2D eigenvalue weighted by atomic mass is 15.3. The molecule has 0 spiro atoms. The Morgan fingerprint density at radius 2 is 1.89 bits per heavy atom. The van der Waals surface area contributed by atoms with Crippen molar-refractivity contribution in [2.75, 3.05) is 32.7 Å². The Morgan fingerprint density at radius 3 is 2.37 bits per heavy atom. The van der Waals surface area contributed by atoms with Gasteiger partial charge in [0, 0.05) is 44.3 Å². The van der Waals surface area contributed by atoms with Crippen LogP contribution < -0.4 is 5.73 Å². The van der Waals surface area contributed by atoms with Gasteiger partial charge in [-0.1, -0.05) is 20.3 Å². The topological polar surface area (TPSA) is 32.5 Å². The molecule has 1 aliphatic heterocycles. The molecule has 2 fully saturated rings. The first-order valence-corrected chi connectivity index (χ1v) is 8.34. The van der Waals surface area contributed by atoms with Crippen LogP contribution in [0.3, 0.4) is 0 Å². The summed E-state index contributed by atoms with van der Waals surface area (Å²) in [4.78, 5) is 5.37. The zero-order chi connectivity index (χ0) is 13.9. The van der Waals surface area contributed by atoms with Crippen LogP contribution in [0.25, 0.3) is 0 Å². The summed E-state index contributed by atoms with van der Waals surface area (Å²) in [5.74, 6) is 0.913. The molecule has 19 heavy (non-hydrogen) atoms. The molecular formula is C16H33N3. The van der Waals surface area contributed by atoms with Crippen LogP contribution >= 0.6 is 0 Å². The van der Waals surface area contributed by atoms with E-state index in [-0.39, 0.29) is 0 Å². The summed E-state index contributed by atoms with van der Waals surface area (Å²) in [6.07, 6.45) is 6.64. The Labute approximate surface area is 119 Å². The van der Waals surface area contributed by atoms with Gasteiger partial charge in [0.2, 0.25) is 0 Å². The Bertz CT molecular complexity index is 273. The lowest BCUT2D eigenvalue weighted by molar-refractivity contribution is 0.0237. The van der Waals surface area contributed by atoms with Crippen molar-refractivity contribution in [3.8, 4) is 0 Å². The van der Waals surface area contributed by atoms with E-state index in [1.165, 1.54) is 58.3 Å². The minimum Gasteiger partial charge on any atom is -0.329 e. The molecule has 112 valence electrons. The number of rotatable bonds is 5. The van der Waals surface area contributed by atoms with Crippen LogP contribution in [-0.4, -0.2) is 54.1 Å². The third-order valence-corrected chi connectivity index (χ3v) is 5.84. The third-order valence-electron chi connectivity index (χ3n) is 5.84. The molecule has 1 saturated carbocycles. The highest BCUT2D eigenvalue weighted by Gasteiger charge is 2.43. The van der Waals surface area contributed by atoms with Crippen molar-refractivity contribution >= 4 is 0 Å². The first-order chi connectivity index (χ1) is 9.15. The fourth-order valence-corrected chi connectivity index (χ4v) is 4.06. The van der Waals surface area contributed by atoms with Crippen LogP contribution in [0.15, 0.2) is 0 Å². The third kappa shape index (κ3) is 3.14. The monoisotopic (exact) mass is 267 g/mol. The summed E-state index contributed by atoms with van der Waals surface area (Å²) in [6.45, 7) is 12.7. The fraction of sp³-hybridized carbons (Fsp3) is 1.00. The Balaban J connectivity index is 1.92. The van der Waals surface area contributed by atoms with Gasteiger partial charge in [0.15, 0.2) is 0 Å². The maximum absolute atomic E-state index is 6.18. The maximum Gasteiger partial charge on any atom is 0.0335 e. The largest absolute Gasteiger partial charge is 0.329 e. The van der Waals surface area contributed by atoms with Crippen molar-refractivity contribution < 1.29 is 0 Å². The molecule has 0 amide bonds. The van der Waals surface area contributed by atoms with Crippen LogP contribution in [0, 0.1) is 5.92 Å². The zero-order valence-electron chi connectivity index (χ0n) is 13.2. The summed E-state index contributed by atoms with van der Waals surface area (Å²) in [5, 5.41) is 0. The van der Waals surface area contributed by atoms with Crippen molar-refractivity contribution in [1.82, 2.24) is 9.80 Å². The van der Waals surface area contributed by atoms with E-state index in [1.54, 1.807) is 0 Å². The SMILES string of the molecule is CCC1CCC(CN)(N2CCN(C(C)CC)CC2)C1. The van der Waals surface area contributed by atoms with E-state index in [9.17, 15) is 0 Å². The molecule has 1 aliphatic carbocycles. The van der Waals surface area contributed by atoms with Crippen LogP contribution in [-0.2, 0) is 0 Å². The van der Waals surface area contributed by atoms with Gasteiger partial charge < -0.3 is 5.73 Å². The van der Waals surface area contributed by atoms with Crippen molar-refractivity contribution in [1.29, 1.82) is 0 Å². The normalized spacial score (nSPS) is 35.7. The molecule has 0 bridgehead atoms. The predicted molar refractivity (Wildman–Crippen MR) is 82.3 cm³/mol. The van der Waals surface area contributed by atoms with E-state index >= 15 is 0 Å². The molecule has 0 aromatic heterocycles. The molecule has 1 saturated heterocycles. The number of nitrogens with zero attached hydrogens (tertiary/aromatic N) is 2. The first-order valence-electron chi connectivity index (χ1n) is 8.34. The predicted octanol–water partition coefficient (Wildman–Crippen LogP) is 2.31. The Morgan fingerprint density at radius 1 is 1.21 bits per heavy atom. The number of nitrogens with two attached hydrogens (primary N) is 1. The van der Waals surface area contributed by atoms with Crippen LogP contribution in [0.4, 0.5) is 0 Å². The second-order valence-corrected chi connectivity index (χ2v) is 6.73. The molecule has 2 N–H and O–H groups in total. The standard InChI is InChI=1S/C16H33N3/c1-4-14(3)18-8-10-19(11-9-18)16(13-17)7-6-15(5-2)12-16/h14-15H,4-13,17H2,1-3H3. The lowest BCUT2D eigenvalue weighted by Gasteiger charge is -2.47. The Kier molecular flexibility index (Phi) is 5.27. The molecular weight excluding hydrogens is 234 g/mol. The van der Waals surface area contributed by atoms with Gasteiger partial charge in [-0.25, -0.2) is 0 Å². The summed E-state index contributed by atoms with van der Waals surface area (Å²) < 4.78 is 0. The minimum atomic E-state index is 0.336. The van der Waals surface area contributed by atoms with Crippen LogP contribution in [0.2, 0.25) is 0 Å². The van der Waals surface area contributed by atoms with Crippen molar-refractivity contribution in [2.24, 2.45) is 11.7 Å². The first kappa shape index (κ1) is 15.3. The quantitative estimate of drug-likeness (QED) is 0.829. The molecule has 2 aliphatic rings. The van der Waals surface area contributed by atoms with E-state index in [4.69, 9.17) is 5.73 Å². The maximum atomic E-state index is 6.18. The van der Waals surface area contributed by atoms with Crippen LogP contribution in [0.1, 0.15) is 52.9 Å². The van der Waals surface area contributed by atoms with Crippen molar-refractivity contribution in [3.63, 3.8) is 0 Å². The van der Waals surface area contributed by atoms with Crippen molar-refractivity contribution in [3.05, 3.63) is 0 Å². The van der Waals surface area contributed by atoms with E-state index in [1.807, 2.05) is 0 Å². The molecule has 3 unspecified atom stereocenters. The lowest BCUT2D eigenvalue weighted by atomic mass is 9.92. The van der Waals surface area contributed by atoms with E-state index in [0.717, 1.165) is 18.5 Å². The smallest absolute Gasteiger partial charge is 0.0335 e. The van der Waals surface area contributed by atoms with Crippen molar-refractivity contribution in [2.45, 2.75) is 64.5 Å². The van der Waals surface area contributed by atoms with E-state index in [0.29, 0.717) is 5.54 Å². The second-order valence-electron chi connectivity index (χ2n) is 6.73. The van der Waals surface area contributed by atoms with Gasteiger partial charge in [-0.15, -0.1) is 0 Å². The summed E-state index contributed by atoms with van der Waals surface area (Å²) >= 11 is 0. The molecule has 3 nitrogen and oxygen atoms in total. The van der Waals surface area contributed by atoms with Crippen LogP contribution in [0.5, 0.6) is 0 Å². The lowest BCUT2D eigenvalue weighted by Crippen LogP contribution is -2.60. The summed E-state index contributed by atoms with van der Waals surface area (Å²) in [6, 6.07) is 0.739. The highest BCUT2D eigenvalue weighted by molar-refractivity contribution is 5.00. The average molecular weight is 267 g/mol. The molecule has 3 atom stereocenters. The molecule has 1 heterocycles. The van der Waals surface area contributed by atoms with Gasteiger partial charge in [-0.2, -0.15) is 0 Å². The average Bonchev–Trinajstić information content (AvgIpc) is 2.91. The van der Waals surface area contributed by atoms with Gasteiger partial charge in [0.1, 0.15) is 0 Å². The molecule has 0 aromatic rings. The van der Waals surface area contributed by atoms with Gasteiger partial charge in [0.05, 0.1) is 0 Å². The van der Waals surface area contributed by atoms with E-state index in [2.05, 4.69) is 30.6 Å². The highest BCUT2D eigenvalue weighted by Crippen LogP contribution is 2.40. The number of hydrogen-bond acceptors (Lipinski definition) is 3. The molecule has 2 rings (SSSR count). The molecule has 3 heteroatoms. The molecule has 0 radical (unpaired) electrons. The molecule has 0 aromatic carbocycles. The summed E-state index contributed by atoms with van der Waals surface area (Å²) in [7, 11) is 0. The number of hydrogen-bond donors (Lipinski definition) is 1. The van der Waals surface area contributed by atoms with Gasteiger partial charge >= 0.3 is 0 Å². The zero-order valence-corrected chi connectivity index (χ0v) is 13.2.